The van der Waals surface area contributed by atoms with Gasteiger partial charge in [-0.2, -0.15) is 0 Å². The van der Waals surface area contributed by atoms with E-state index < -0.39 is 8.07 Å². The van der Waals surface area contributed by atoms with Crippen LogP contribution in [0.25, 0.3) is 0 Å². The third-order valence-electron chi connectivity index (χ3n) is 1.44. The Labute approximate surface area is 85.5 Å². The van der Waals surface area contributed by atoms with Crippen molar-refractivity contribution in [3.05, 3.63) is 30.1 Å². The Bertz CT molecular complexity index is 218. The molecule has 0 aliphatic carbocycles. The van der Waals surface area contributed by atoms with Gasteiger partial charge in [0.25, 0.3) is 0 Å². The maximum absolute atomic E-state index is 4.30. The van der Waals surface area contributed by atoms with Gasteiger partial charge >= 0.3 is 16.5 Å². The van der Waals surface area contributed by atoms with E-state index in [1.807, 2.05) is 12.3 Å². The largest absolute Gasteiger partial charge is 2.00 e. The van der Waals surface area contributed by atoms with Gasteiger partial charge in [0.2, 0.25) is 0 Å². The van der Waals surface area contributed by atoms with Gasteiger partial charge in [0.1, 0.15) is 0 Å². The van der Waals surface area contributed by atoms with Gasteiger partial charge in [-0.3, -0.25) is 4.98 Å². The molecular weight excluding hydrogens is 209 g/mol. The predicted octanol–water partition coefficient (Wildman–Crippen LogP) is 2.50. The molecule has 12 heavy (non-hydrogen) atoms. The number of pyridine rings is 1. The molecule has 0 fully saturated rings. The first-order valence-corrected chi connectivity index (χ1v) is 7.68. The normalized spacial score (nSPS) is 10.6. The molecule has 0 atom stereocenters. The molecule has 0 aromatic carbocycles. The number of hydrogen-bond donors (Lipinski definition) is 0. The Balaban J connectivity index is 0.00000121. The summed E-state index contributed by atoms with van der Waals surface area (Å²) in [6.07, 6.45) is 1.87. The average molecular weight is 224 g/mol. The quantitative estimate of drug-likeness (QED) is 0.703. The minimum absolute atomic E-state index is 0. The number of rotatable bonds is 2. The molecule has 0 bridgehead atoms. The number of aromatic nitrogens is 1. The van der Waals surface area contributed by atoms with Crippen LogP contribution < -0.4 is 0 Å². The van der Waals surface area contributed by atoms with Crippen molar-refractivity contribution in [1.82, 2.24) is 4.98 Å². The molecule has 68 valence electrons. The van der Waals surface area contributed by atoms with Gasteiger partial charge < -0.3 is 0 Å². The number of nitrogens with zero attached hydrogens (tertiary/aromatic N) is 1. The third-order valence-corrected chi connectivity index (χ3v) is 2.86. The van der Waals surface area contributed by atoms with Crippen molar-refractivity contribution in [3.63, 3.8) is 0 Å². The molecule has 0 saturated carbocycles. The van der Waals surface area contributed by atoms with Crippen molar-refractivity contribution in [2.45, 2.75) is 25.7 Å². The summed E-state index contributed by atoms with van der Waals surface area (Å²) in [5.74, 6) is 0. The molecule has 0 N–H and O–H groups in total. The SMILES string of the molecule is C[Si](C)(C)Cc1ccccn1.[Ni+2]. The van der Waals surface area contributed by atoms with Crippen molar-refractivity contribution in [3.8, 4) is 0 Å². The molecule has 0 spiro atoms. The van der Waals surface area contributed by atoms with E-state index in [4.69, 9.17) is 0 Å². The summed E-state index contributed by atoms with van der Waals surface area (Å²) in [7, 11) is -0.961. The monoisotopic (exact) mass is 223 g/mol. The van der Waals surface area contributed by atoms with Crippen LogP contribution in [0, 0.1) is 0 Å². The standard InChI is InChI=1S/C9H15NSi.Ni/c1-11(2,3)8-9-6-4-5-7-10-9;/h4-7H,8H2,1-3H3;/q;+2. The predicted molar refractivity (Wildman–Crippen MR) is 51.3 cm³/mol. The first-order valence-electron chi connectivity index (χ1n) is 3.98. The van der Waals surface area contributed by atoms with E-state index in [9.17, 15) is 0 Å². The Morgan fingerprint density at radius 3 is 2.33 bits per heavy atom. The topological polar surface area (TPSA) is 12.9 Å². The van der Waals surface area contributed by atoms with Gasteiger partial charge in [-0.1, -0.05) is 25.7 Å². The molecule has 0 aliphatic heterocycles. The second-order valence-electron chi connectivity index (χ2n) is 4.06. The zero-order valence-electron chi connectivity index (χ0n) is 7.78. The fourth-order valence-electron chi connectivity index (χ4n) is 1.05. The second kappa shape index (κ2) is 4.78. The number of hydrogen-bond acceptors (Lipinski definition) is 1. The van der Waals surface area contributed by atoms with E-state index in [2.05, 4.69) is 36.8 Å². The molecule has 1 aromatic rings. The third kappa shape index (κ3) is 4.68. The zero-order valence-corrected chi connectivity index (χ0v) is 9.77. The van der Waals surface area contributed by atoms with E-state index in [1.165, 1.54) is 11.7 Å². The van der Waals surface area contributed by atoms with Crippen LogP contribution in [0.5, 0.6) is 0 Å². The molecule has 0 aliphatic rings. The van der Waals surface area contributed by atoms with E-state index in [1.54, 1.807) is 0 Å². The van der Waals surface area contributed by atoms with Crippen LogP contribution in [0.2, 0.25) is 19.6 Å². The summed E-state index contributed by atoms with van der Waals surface area (Å²) in [6, 6.07) is 7.32. The average Bonchev–Trinajstić information content (AvgIpc) is 1.85. The van der Waals surface area contributed by atoms with Gasteiger partial charge in [0.15, 0.2) is 0 Å². The van der Waals surface area contributed by atoms with Crippen LogP contribution in [-0.2, 0) is 22.5 Å². The van der Waals surface area contributed by atoms with E-state index in [0.29, 0.717) is 0 Å². The van der Waals surface area contributed by atoms with Crippen molar-refractivity contribution >= 4 is 8.07 Å². The molecular formula is C9H15NNiSi+2. The Kier molecular flexibility index (Phi) is 4.73. The summed E-state index contributed by atoms with van der Waals surface area (Å²) >= 11 is 0. The maximum atomic E-state index is 4.30. The fraction of sp³-hybridized carbons (Fsp3) is 0.444. The molecule has 1 aromatic heterocycles. The van der Waals surface area contributed by atoms with Crippen molar-refractivity contribution < 1.29 is 16.5 Å². The van der Waals surface area contributed by atoms with Crippen molar-refractivity contribution in [1.29, 1.82) is 0 Å². The van der Waals surface area contributed by atoms with Crippen molar-refractivity contribution in [2.24, 2.45) is 0 Å². The minimum Gasteiger partial charge on any atom is -0.262 e. The zero-order chi connectivity index (χ0) is 8.32. The Morgan fingerprint density at radius 1 is 1.25 bits per heavy atom. The minimum atomic E-state index is -0.961. The molecule has 0 radical (unpaired) electrons. The smallest absolute Gasteiger partial charge is 0.262 e. The van der Waals surface area contributed by atoms with E-state index >= 15 is 0 Å². The molecule has 0 amide bonds. The van der Waals surface area contributed by atoms with Crippen LogP contribution in [0.3, 0.4) is 0 Å². The summed E-state index contributed by atoms with van der Waals surface area (Å²) < 4.78 is 0. The molecule has 1 nitrogen and oxygen atoms in total. The summed E-state index contributed by atoms with van der Waals surface area (Å²) in [5.41, 5.74) is 1.24. The summed E-state index contributed by atoms with van der Waals surface area (Å²) in [6.45, 7) is 7.09. The van der Waals surface area contributed by atoms with Crippen LogP contribution >= 0.6 is 0 Å². The molecule has 1 rings (SSSR count). The molecule has 0 saturated heterocycles. The molecule has 1 heterocycles. The van der Waals surface area contributed by atoms with Crippen LogP contribution in [0.15, 0.2) is 24.4 Å². The summed E-state index contributed by atoms with van der Waals surface area (Å²) in [5, 5.41) is 0. The van der Waals surface area contributed by atoms with E-state index in [-0.39, 0.29) is 16.5 Å². The molecule has 0 unspecified atom stereocenters. The van der Waals surface area contributed by atoms with Gasteiger partial charge in [-0.25, -0.2) is 0 Å². The van der Waals surface area contributed by atoms with Crippen LogP contribution in [0.4, 0.5) is 0 Å². The van der Waals surface area contributed by atoms with Gasteiger partial charge in [0.05, 0.1) is 8.07 Å². The first-order chi connectivity index (χ1) is 5.08. The molecule has 3 heteroatoms. The van der Waals surface area contributed by atoms with Crippen LogP contribution in [-0.4, -0.2) is 13.1 Å². The van der Waals surface area contributed by atoms with Crippen molar-refractivity contribution in [2.75, 3.05) is 0 Å². The van der Waals surface area contributed by atoms with E-state index in [0.717, 1.165) is 0 Å². The van der Waals surface area contributed by atoms with Gasteiger partial charge in [-0.05, 0) is 18.2 Å². The first kappa shape index (κ1) is 11.9. The maximum Gasteiger partial charge on any atom is 2.00 e. The fourth-order valence-corrected chi connectivity index (χ4v) is 2.34. The Hall–Kier alpha value is -0.140. The van der Waals surface area contributed by atoms with Gasteiger partial charge in [0, 0.05) is 11.9 Å². The summed E-state index contributed by atoms with van der Waals surface area (Å²) in [4.78, 5) is 4.30. The Morgan fingerprint density at radius 2 is 1.92 bits per heavy atom. The van der Waals surface area contributed by atoms with Gasteiger partial charge in [-0.15, -0.1) is 0 Å². The second-order valence-corrected chi connectivity index (χ2v) is 9.53. The van der Waals surface area contributed by atoms with Crippen LogP contribution in [0.1, 0.15) is 5.69 Å².